The zero-order valence-corrected chi connectivity index (χ0v) is 14.8. The highest BCUT2D eigenvalue weighted by atomic mass is 16.5. The monoisotopic (exact) mass is 347 g/mol. The number of rotatable bonds is 7. The van der Waals surface area contributed by atoms with Crippen LogP contribution in [0.5, 0.6) is 5.75 Å². The second-order valence-electron chi connectivity index (χ2n) is 6.68. The third kappa shape index (κ3) is 4.59. The van der Waals surface area contributed by atoms with Crippen molar-refractivity contribution in [2.75, 3.05) is 13.7 Å². The van der Waals surface area contributed by atoms with Crippen LogP contribution in [0.25, 0.3) is 0 Å². The van der Waals surface area contributed by atoms with Gasteiger partial charge in [-0.15, -0.1) is 0 Å². The van der Waals surface area contributed by atoms with Crippen LogP contribution in [0.3, 0.4) is 0 Å². The molecule has 25 heavy (non-hydrogen) atoms. The Hall–Kier alpha value is -2.37. The Balaban J connectivity index is 2.05. The van der Waals surface area contributed by atoms with Gasteiger partial charge in [0.1, 0.15) is 5.75 Å². The van der Waals surface area contributed by atoms with E-state index in [9.17, 15) is 19.5 Å². The molecular formula is C19H25NO5. The van der Waals surface area contributed by atoms with E-state index < -0.39 is 11.4 Å². The number of benzene rings is 1. The van der Waals surface area contributed by atoms with E-state index in [-0.39, 0.29) is 24.7 Å². The Kier molecular flexibility index (Phi) is 6.17. The van der Waals surface area contributed by atoms with Crippen LogP contribution in [0.15, 0.2) is 18.2 Å². The first kappa shape index (κ1) is 19.0. The molecule has 1 aliphatic carbocycles. The molecule has 1 aromatic rings. The highest BCUT2D eigenvalue weighted by molar-refractivity contribution is 5.94. The molecule has 1 saturated carbocycles. The maximum Gasteiger partial charge on any atom is 0.311 e. The second-order valence-corrected chi connectivity index (χ2v) is 6.68. The lowest BCUT2D eigenvalue weighted by Crippen LogP contribution is -2.44. The molecule has 1 amide bonds. The molecule has 0 bridgehead atoms. The summed E-state index contributed by atoms with van der Waals surface area (Å²) >= 11 is 0. The fraction of sp³-hybridized carbons (Fsp3) is 0.526. The van der Waals surface area contributed by atoms with Gasteiger partial charge >= 0.3 is 5.97 Å². The van der Waals surface area contributed by atoms with Crippen LogP contribution in [0, 0.1) is 5.41 Å². The Bertz CT molecular complexity index is 662. The van der Waals surface area contributed by atoms with Crippen LogP contribution in [0.2, 0.25) is 0 Å². The minimum atomic E-state index is -0.862. The number of carbonyl (C=O) groups excluding carboxylic acids is 2. The standard InChI is InChI=1S/C19H25NO5/c1-13(21)14-6-7-16(25-2)15(10-14)11-17(22)20-12-19(18(23)24)8-4-3-5-9-19/h6-7,10H,3-5,8-9,11-12H2,1-2H3,(H,20,22)(H,23,24). The van der Waals surface area contributed by atoms with Crippen molar-refractivity contribution in [3.05, 3.63) is 29.3 Å². The molecule has 6 nitrogen and oxygen atoms in total. The molecule has 2 N–H and O–H groups in total. The van der Waals surface area contributed by atoms with Gasteiger partial charge in [-0.2, -0.15) is 0 Å². The Morgan fingerprint density at radius 3 is 2.44 bits per heavy atom. The average Bonchev–Trinajstić information content (AvgIpc) is 2.60. The van der Waals surface area contributed by atoms with Crippen molar-refractivity contribution in [1.29, 1.82) is 0 Å². The topological polar surface area (TPSA) is 92.7 Å². The van der Waals surface area contributed by atoms with Gasteiger partial charge in [0.05, 0.1) is 18.9 Å². The number of aliphatic carboxylic acids is 1. The van der Waals surface area contributed by atoms with E-state index in [0.29, 0.717) is 29.7 Å². The van der Waals surface area contributed by atoms with Gasteiger partial charge in [0.15, 0.2) is 5.78 Å². The van der Waals surface area contributed by atoms with Crippen LogP contribution in [-0.2, 0) is 16.0 Å². The summed E-state index contributed by atoms with van der Waals surface area (Å²) in [6, 6.07) is 4.97. The molecule has 136 valence electrons. The van der Waals surface area contributed by atoms with Crippen LogP contribution in [0.1, 0.15) is 54.9 Å². The molecule has 2 rings (SSSR count). The van der Waals surface area contributed by atoms with E-state index >= 15 is 0 Å². The quantitative estimate of drug-likeness (QED) is 0.740. The molecule has 0 unspecified atom stereocenters. The fourth-order valence-electron chi connectivity index (χ4n) is 3.33. The number of carboxylic acids is 1. The number of carbonyl (C=O) groups is 3. The number of ketones is 1. The number of hydrogen-bond donors (Lipinski definition) is 2. The second kappa shape index (κ2) is 8.14. The van der Waals surface area contributed by atoms with E-state index in [1.807, 2.05) is 0 Å². The SMILES string of the molecule is COc1ccc(C(C)=O)cc1CC(=O)NCC1(C(=O)O)CCCCC1. The highest BCUT2D eigenvalue weighted by Crippen LogP contribution is 2.36. The van der Waals surface area contributed by atoms with Gasteiger partial charge in [-0.25, -0.2) is 0 Å². The molecule has 0 radical (unpaired) electrons. The predicted molar refractivity (Wildman–Crippen MR) is 92.9 cm³/mol. The largest absolute Gasteiger partial charge is 0.496 e. The number of methoxy groups -OCH3 is 1. The third-order valence-electron chi connectivity index (χ3n) is 4.93. The van der Waals surface area contributed by atoms with Gasteiger partial charge in [-0.1, -0.05) is 19.3 Å². The van der Waals surface area contributed by atoms with Crippen molar-refractivity contribution in [3.8, 4) is 5.75 Å². The molecule has 0 saturated heterocycles. The molecule has 0 atom stereocenters. The smallest absolute Gasteiger partial charge is 0.311 e. The van der Waals surface area contributed by atoms with Gasteiger partial charge in [0, 0.05) is 17.7 Å². The first-order valence-corrected chi connectivity index (χ1v) is 8.56. The number of carboxylic acid groups (broad SMARTS) is 1. The van der Waals surface area contributed by atoms with E-state index in [1.54, 1.807) is 18.2 Å². The van der Waals surface area contributed by atoms with Crippen molar-refractivity contribution in [3.63, 3.8) is 0 Å². The Morgan fingerprint density at radius 2 is 1.88 bits per heavy atom. The number of ether oxygens (including phenoxy) is 1. The molecular weight excluding hydrogens is 322 g/mol. The summed E-state index contributed by atoms with van der Waals surface area (Å²) in [4.78, 5) is 35.5. The van der Waals surface area contributed by atoms with Crippen LogP contribution < -0.4 is 10.1 Å². The van der Waals surface area contributed by atoms with Gasteiger partial charge in [-0.05, 0) is 38.0 Å². The molecule has 0 heterocycles. The van der Waals surface area contributed by atoms with Gasteiger partial charge < -0.3 is 15.2 Å². The first-order chi connectivity index (χ1) is 11.9. The summed E-state index contributed by atoms with van der Waals surface area (Å²) in [5, 5.41) is 12.3. The maximum absolute atomic E-state index is 12.3. The minimum absolute atomic E-state index is 0.0417. The summed E-state index contributed by atoms with van der Waals surface area (Å²) in [5.74, 6) is -0.670. The fourth-order valence-corrected chi connectivity index (χ4v) is 3.33. The molecule has 1 fully saturated rings. The van der Waals surface area contributed by atoms with Crippen molar-refractivity contribution < 1.29 is 24.2 Å². The molecule has 1 aromatic carbocycles. The summed E-state index contributed by atoms with van der Waals surface area (Å²) < 4.78 is 5.25. The number of hydrogen-bond acceptors (Lipinski definition) is 4. The van der Waals surface area contributed by atoms with E-state index in [0.717, 1.165) is 19.3 Å². The number of amides is 1. The lowest BCUT2D eigenvalue weighted by atomic mass is 9.74. The Labute approximate surface area is 147 Å². The molecule has 0 spiro atoms. The third-order valence-corrected chi connectivity index (χ3v) is 4.93. The minimum Gasteiger partial charge on any atom is -0.496 e. The summed E-state index contributed by atoms with van der Waals surface area (Å²) in [6.45, 7) is 1.60. The zero-order chi connectivity index (χ0) is 18.4. The zero-order valence-electron chi connectivity index (χ0n) is 14.8. The van der Waals surface area contributed by atoms with E-state index in [1.165, 1.54) is 14.0 Å². The number of Topliss-reactive ketones (excluding diaryl/α,β-unsaturated/α-hetero) is 1. The first-order valence-electron chi connectivity index (χ1n) is 8.56. The maximum atomic E-state index is 12.3. The summed E-state index contributed by atoms with van der Waals surface area (Å²) in [5.41, 5.74) is 0.262. The lowest BCUT2D eigenvalue weighted by molar-refractivity contribution is -0.151. The summed E-state index contributed by atoms with van der Waals surface area (Å²) in [7, 11) is 1.51. The molecule has 0 aliphatic heterocycles. The predicted octanol–water partition coefficient (Wildman–Crippen LogP) is 2.59. The van der Waals surface area contributed by atoms with Crippen LogP contribution in [0.4, 0.5) is 0 Å². The van der Waals surface area contributed by atoms with Crippen molar-refractivity contribution in [2.45, 2.75) is 45.4 Å². The Morgan fingerprint density at radius 1 is 1.20 bits per heavy atom. The van der Waals surface area contributed by atoms with Gasteiger partial charge in [0.25, 0.3) is 0 Å². The van der Waals surface area contributed by atoms with E-state index in [2.05, 4.69) is 5.32 Å². The molecule has 6 heteroatoms. The van der Waals surface area contributed by atoms with Gasteiger partial charge in [0.2, 0.25) is 5.91 Å². The van der Waals surface area contributed by atoms with Crippen molar-refractivity contribution in [1.82, 2.24) is 5.32 Å². The van der Waals surface area contributed by atoms with E-state index in [4.69, 9.17) is 4.74 Å². The average molecular weight is 347 g/mol. The normalized spacial score (nSPS) is 16.1. The molecule has 1 aliphatic rings. The van der Waals surface area contributed by atoms with Gasteiger partial charge in [-0.3, -0.25) is 14.4 Å². The highest BCUT2D eigenvalue weighted by Gasteiger charge is 2.39. The van der Waals surface area contributed by atoms with Crippen LogP contribution in [-0.4, -0.2) is 36.4 Å². The van der Waals surface area contributed by atoms with Crippen molar-refractivity contribution >= 4 is 17.7 Å². The summed E-state index contributed by atoms with van der Waals surface area (Å²) in [6.07, 6.45) is 4.00. The lowest BCUT2D eigenvalue weighted by Gasteiger charge is -2.33. The molecule has 0 aromatic heterocycles. The van der Waals surface area contributed by atoms with Crippen LogP contribution >= 0.6 is 0 Å². The number of nitrogens with one attached hydrogen (secondary N) is 1. The van der Waals surface area contributed by atoms with Crippen molar-refractivity contribution in [2.24, 2.45) is 5.41 Å².